The van der Waals surface area contributed by atoms with Crippen LogP contribution in [0.4, 0.5) is 4.79 Å². The molecular weight excluding hydrogens is 284 g/mol. The zero-order valence-electron chi connectivity index (χ0n) is 12.4. The average Bonchev–Trinajstić information content (AvgIpc) is 2.31. The molecule has 0 aliphatic heterocycles. The molecule has 20 heavy (non-hydrogen) atoms. The number of ether oxygens (including phenoxy) is 2. The molecule has 0 fully saturated rings. The van der Waals surface area contributed by atoms with E-state index in [1.807, 2.05) is 0 Å². The highest BCUT2D eigenvalue weighted by molar-refractivity contribution is 6.28. The van der Waals surface area contributed by atoms with Gasteiger partial charge >= 0.3 is 12.1 Å². The first-order valence-electron chi connectivity index (χ1n) is 6.48. The molecule has 0 rings (SSSR count). The molecule has 0 aliphatic carbocycles. The van der Waals surface area contributed by atoms with Crippen molar-refractivity contribution in [3.63, 3.8) is 0 Å². The fraction of sp³-hybridized carbons (Fsp3) is 0.769. The number of amides is 1. The van der Waals surface area contributed by atoms with Gasteiger partial charge in [-0.15, -0.1) is 11.6 Å². The maximum atomic E-state index is 11.7. The van der Waals surface area contributed by atoms with E-state index in [2.05, 4.69) is 5.32 Å². The molecule has 1 amide bonds. The number of alkyl carbamates (subject to hydrolysis) is 1. The Hall–Kier alpha value is -1.30. The molecule has 0 bridgehead atoms. The fourth-order valence-electron chi connectivity index (χ4n) is 1.33. The van der Waals surface area contributed by atoms with Crippen LogP contribution in [-0.2, 0) is 14.3 Å². The summed E-state index contributed by atoms with van der Waals surface area (Å²) < 4.78 is 9.98. The molecule has 0 aromatic rings. The Morgan fingerprint density at radius 1 is 1.35 bits per heavy atom. The molecule has 0 heterocycles. The van der Waals surface area contributed by atoms with E-state index < -0.39 is 23.7 Å². The van der Waals surface area contributed by atoms with Crippen LogP contribution in [0.3, 0.4) is 0 Å². The highest BCUT2D eigenvalue weighted by atomic mass is 35.5. The second-order valence-corrected chi connectivity index (χ2v) is 5.49. The first-order chi connectivity index (χ1) is 9.19. The molecule has 7 heteroatoms. The van der Waals surface area contributed by atoms with Crippen molar-refractivity contribution < 1.29 is 19.1 Å². The van der Waals surface area contributed by atoms with Gasteiger partial charge in [0.15, 0.2) is 0 Å². The molecule has 116 valence electrons. The SMILES string of the molecule is CCOC(=O)[C@@H](CCC(=N)CCl)NC(=O)OC(C)(C)C. The van der Waals surface area contributed by atoms with E-state index in [1.54, 1.807) is 27.7 Å². The standard InChI is InChI=1S/C13H23ClN2O4/c1-5-19-11(17)10(7-6-9(15)8-14)16-12(18)20-13(2,3)4/h10,15H,5-8H2,1-4H3,(H,16,18)/t10-/m1/s1. The lowest BCUT2D eigenvalue weighted by molar-refractivity contribution is -0.145. The number of hydrogen-bond donors (Lipinski definition) is 2. The van der Waals surface area contributed by atoms with Crippen LogP contribution in [0.15, 0.2) is 0 Å². The van der Waals surface area contributed by atoms with Crippen LogP contribution in [0.5, 0.6) is 0 Å². The van der Waals surface area contributed by atoms with E-state index >= 15 is 0 Å². The number of carbonyl (C=O) groups is 2. The van der Waals surface area contributed by atoms with Gasteiger partial charge in [-0.2, -0.15) is 0 Å². The first-order valence-corrected chi connectivity index (χ1v) is 7.01. The van der Waals surface area contributed by atoms with Crippen molar-refractivity contribution >= 4 is 29.4 Å². The molecular formula is C13H23ClN2O4. The van der Waals surface area contributed by atoms with Crippen LogP contribution in [0, 0.1) is 5.41 Å². The Labute approximate surface area is 124 Å². The van der Waals surface area contributed by atoms with Crippen molar-refractivity contribution in [2.45, 2.75) is 52.2 Å². The van der Waals surface area contributed by atoms with Gasteiger partial charge in [0.25, 0.3) is 0 Å². The molecule has 0 radical (unpaired) electrons. The molecule has 0 saturated carbocycles. The van der Waals surface area contributed by atoms with Gasteiger partial charge < -0.3 is 20.2 Å². The number of carbonyl (C=O) groups excluding carboxylic acids is 2. The smallest absolute Gasteiger partial charge is 0.408 e. The summed E-state index contributed by atoms with van der Waals surface area (Å²) in [5.41, 5.74) is -0.349. The maximum absolute atomic E-state index is 11.7. The van der Waals surface area contributed by atoms with Gasteiger partial charge in [-0.3, -0.25) is 0 Å². The van der Waals surface area contributed by atoms with E-state index in [9.17, 15) is 9.59 Å². The Morgan fingerprint density at radius 2 is 1.95 bits per heavy atom. The summed E-state index contributed by atoms with van der Waals surface area (Å²) in [6.07, 6.45) is -0.125. The topological polar surface area (TPSA) is 88.5 Å². The quantitative estimate of drug-likeness (QED) is 0.429. The zero-order valence-corrected chi connectivity index (χ0v) is 13.2. The van der Waals surface area contributed by atoms with Gasteiger partial charge in [0.05, 0.1) is 12.5 Å². The average molecular weight is 307 g/mol. The predicted octanol–water partition coefficient (Wildman–Crippen LogP) is 2.48. The van der Waals surface area contributed by atoms with Crippen LogP contribution in [0.25, 0.3) is 0 Å². The minimum absolute atomic E-state index is 0.0992. The fourth-order valence-corrected chi connectivity index (χ4v) is 1.46. The van der Waals surface area contributed by atoms with Crippen LogP contribution in [0.2, 0.25) is 0 Å². The Morgan fingerprint density at radius 3 is 2.40 bits per heavy atom. The Balaban J connectivity index is 4.56. The summed E-state index contributed by atoms with van der Waals surface area (Å²) in [5, 5.41) is 9.93. The Bertz CT molecular complexity index is 353. The number of esters is 1. The van der Waals surface area contributed by atoms with Gasteiger partial charge in [0.2, 0.25) is 0 Å². The summed E-state index contributed by atoms with van der Waals surface area (Å²) in [6, 6.07) is -0.839. The van der Waals surface area contributed by atoms with Crippen molar-refractivity contribution in [3.8, 4) is 0 Å². The predicted molar refractivity (Wildman–Crippen MR) is 77.5 cm³/mol. The minimum atomic E-state index is -0.839. The van der Waals surface area contributed by atoms with Crippen LogP contribution >= 0.6 is 11.6 Å². The van der Waals surface area contributed by atoms with Crippen LogP contribution in [0.1, 0.15) is 40.5 Å². The molecule has 2 N–H and O–H groups in total. The number of halogens is 1. The maximum Gasteiger partial charge on any atom is 0.408 e. The number of alkyl halides is 1. The van der Waals surface area contributed by atoms with Gasteiger partial charge in [-0.1, -0.05) is 0 Å². The zero-order chi connectivity index (χ0) is 15.8. The molecule has 6 nitrogen and oxygen atoms in total. The van der Waals surface area contributed by atoms with Crippen molar-refractivity contribution in [1.82, 2.24) is 5.32 Å². The molecule has 1 atom stereocenters. The van der Waals surface area contributed by atoms with E-state index in [-0.39, 0.29) is 18.9 Å². The molecule has 0 spiro atoms. The van der Waals surface area contributed by atoms with Crippen molar-refractivity contribution in [3.05, 3.63) is 0 Å². The summed E-state index contributed by atoms with van der Waals surface area (Å²) >= 11 is 5.52. The molecule has 0 aromatic heterocycles. The van der Waals surface area contributed by atoms with Crippen molar-refractivity contribution in [2.24, 2.45) is 0 Å². The first kappa shape index (κ1) is 18.7. The van der Waals surface area contributed by atoms with Crippen molar-refractivity contribution in [2.75, 3.05) is 12.5 Å². The Kier molecular flexibility index (Phi) is 8.22. The summed E-state index contributed by atoms with van der Waals surface area (Å²) in [4.78, 5) is 23.4. The third-order valence-electron chi connectivity index (χ3n) is 2.16. The summed E-state index contributed by atoms with van der Waals surface area (Å²) in [7, 11) is 0. The molecule has 0 aliphatic rings. The third kappa shape index (κ3) is 8.74. The van der Waals surface area contributed by atoms with Crippen LogP contribution in [-0.4, -0.2) is 41.9 Å². The van der Waals surface area contributed by atoms with E-state index in [4.69, 9.17) is 26.5 Å². The number of nitrogens with one attached hydrogen (secondary N) is 2. The van der Waals surface area contributed by atoms with E-state index in [1.165, 1.54) is 0 Å². The second kappa shape index (κ2) is 8.79. The number of hydrogen-bond acceptors (Lipinski definition) is 5. The van der Waals surface area contributed by atoms with Gasteiger partial charge in [-0.05, 0) is 40.5 Å². The second-order valence-electron chi connectivity index (χ2n) is 5.23. The minimum Gasteiger partial charge on any atom is -0.464 e. The summed E-state index contributed by atoms with van der Waals surface area (Å²) in [6.45, 7) is 7.10. The van der Waals surface area contributed by atoms with E-state index in [0.717, 1.165) is 0 Å². The highest BCUT2D eigenvalue weighted by Gasteiger charge is 2.25. The lowest BCUT2D eigenvalue weighted by Gasteiger charge is -2.22. The lowest BCUT2D eigenvalue weighted by Crippen LogP contribution is -2.44. The highest BCUT2D eigenvalue weighted by Crippen LogP contribution is 2.08. The lowest BCUT2D eigenvalue weighted by atomic mass is 10.1. The summed E-state index contributed by atoms with van der Waals surface area (Å²) in [5.74, 6) is -0.442. The molecule has 0 saturated heterocycles. The molecule has 0 unspecified atom stereocenters. The molecule has 0 aromatic carbocycles. The largest absolute Gasteiger partial charge is 0.464 e. The van der Waals surface area contributed by atoms with Gasteiger partial charge in [0, 0.05) is 5.71 Å². The van der Waals surface area contributed by atoms with Crippen molar-refractivity contribution in [1.29, 1.82) is 5.41 Å². The van der Waals surface area contributed by atoms with Gasteiger partial charge in [0.1, 0.15) is 11.6 Å². The van der Waals surface area contributed by atoms with Crippen LogP contribution < -0.4 is 5.32 Å². The van der Waals surface area contributed by atoms with E-state index in [0.29, 0.717) is 12.1 Å². The van der Waals surface area contributed by atoms with Gasteiger partial charge in [-0.25, -0.2) is 9.59 Å². The third-order valence-corrected chi connectivity index (χ3v) is 2.48. The normalized spacial score (nSPS) is 12.4. The number of rotatable bonds is 7. The monoisotopic (exact) mass is 306 g/mol.